The van der Waals surface area contributed by atoms with Gasteiger partial charge in [-0.05, 0) is 98.3 Å². The number of aromatic nitrogens is 6. The van der Waals surface area contributed by atoms with E-state index in [-0.39, 0.29) is 16.7 Å². The van der Waals surface area contributed by atoms with Crippen LogP contribution >= 0.6 is 23.4 Å². The average Bonchev–Trinajstić information content (AvgIpc) is 3.80. The van der Waals surface area contributed by atoms with Gasteiger partial charge in [0.2, 0.25) is 0 Å². The van der Waals surface area contributed by atoms with Crippen molar-refractivity contribution < 1.29 is 42.9 Å². The summed E-state index contributed by atoms with van der Waals surface area (Å²) >= 11 is 5.65. The van der Waals surface area contributed by atoms with Crippen molar-refractivity contribution in [1.29, 1.82) is 0 Å². The van der Waals surface area contributed by atoms with Gasteiger partial charge in [-0.2, -0.15) is 4.98 Å². The van der Waals surface area contributed by atoms with Gasteiger partial charge in [-0.15, -0.1) is 0 Å². The number of aryl methyl sites for hydroxylation is 2. The highest BCUT2D eigenvalue weighted by molar-refractivity contribution is 7.99. The van der Waals surface area contributed by atoms with Gasteiger partial charge in [0.15, 0.2) is 33.9 Å². The standard InChI is InChI=1S/C20H21NO4.C17H19N3O3S.C14H14ClN3O2S/c1-22-17-6-5-13(10-18(17)23-2)9-16-15-12-20(25-4)19(24-3)11-14(15)7-8-21-16;1-10-8-18-15(11(2)16(10)23-4)9-24(21)17-19-13-6-5-12(22-3)7-14(13)20-17;1-8-4-3-5-10(9(8)2)16-12-6-11(15)17-14(18-12)21-7-13(19)20/h5-8,10-12H,9H2,1-4H3;5-8H,9H2,1-4H3,(H,19,20);3-6H,7H2,1-2H3,(H,19,20)(H,16,17,18). The van der Waals surface area contributed by atoms with Crippen LogP contribution in [0.4, 0.5) is 11.5 Å². The molecule has 1 unspecified atom stereocenters. The van der Waals surface area contributed by atoms with E-state index in [2.05, 4.69) is 35.2 Å². The minimum atomic E-state index is -1.33. The summed E-state index contributed by atoms with van der Waals surface area (Å²) < 4.78 is 44.8. The van der Waals surface area contributed by atoms with Gasteiger partial charge >= 0.3 is 11.1 Å². The second kappa shape index (κ2) is 24.5. The van der Waals surface area contributed by atoms with Gasteiger partial charge in [0.1, 0.15) is 22.5 Å². The molecule has 1 atom stereocenters. The summed E-state index contributed by atoms with van der Waals surface area (Å²) in [6, 6.07) is 24.8. The molecule has 3 N–H and O–H groups in total. The number of nitrogens with one attached hydrogen (secondary N) is 2. The van der Waals surface area contributed by atoms with Crippen LogP contribution in [0.2, 0.25) is 5.15 Å². The number of carbonyl (C=O) groups is 1. The predicted molar refractivity (Wildman–Crippen MR) is 275 cm³/mol. The molecule has 0 saturated carbocycles. The minimum absolute atomic E-state index is 0.108. The lowest BCUT2D eigenvalue weighted by atomic mass is 10.0. The van der Waals surface area contributed by atoms with Gasteiger partial charge in [0.25, 0.3) is 0 Å². The second-order valence-electron chi connectivity index (χ2n) is 15.4. The monoisotopic (exact) mass is 1010 g/mol. The molecule has 0 aliphatic carbocycles. The number of imidazole rings is 1. The van der Waals surface area contributed by atoms with Gasteiger partial charge in [0.05, 0.1) is 70.8 Å². The summed E-state index contributed by atoms with van der Waals surface area (Å²) in [6.45, 7) is 7.91. The number of methoxy groups -OCH3 is 6. The van der Waals surface area contributed by atoms with Crippen LogP contribution in [0.25, 0.3) is 21.8 Å². The lowest BCUT2D eigenvalue weighted by molar-refractivity contribution is -0.133. The number of halogens is 1. The number of carboxylic acids is 1. The number of aromatic amines is 1. The number of hydrogen-bond acceptors (Lipinski definition) is 15. The number of pyridine rings is 2. The van der Waals surface area contributed by atoms with Crippen molar-refractivity contribution in [2.45, 2.75) is 50.2 Å². The summed E-state index contributed by atoms with van der Waals surface area (Å²) in [4.78, 5) is 35.3. The molecule has 366 valence electrons. The number of anilines is 2. The molecule has 0 saturated heterocycles. The van der Waals surface area contributed by atoms with Crippen LogP contribution in [0.5, 0.6) is 34.5 Å². The van der Waals surface area contributed by atoms with E-state index < -0.39 is 17.1 Å². The van der Waals surface area contributed by atoms with Crippen molar-refractivity contribution in [2.24, 2.45) is 0 Å². The van der Waals surface area contributed by atoms with Crippen molar-refractivity contribution in [2.75, 3.05) is 53.7 Å². The van der Waals surface area contributed by atoms with Crippen LogP contribution in [0.1, 0.15) is 39.2 Å². The third-order valence-corrected chi connectivity index (χ3v) is 13.1. The van der Waals surface area contributed by atoms with Crippen LogP contribution in [0, 0.1) is 27.7 Å². The van der Waals surface area contributed by atoms with Crippen LogP contribution < -0.4 is 33.7 Å². The maximum Gasteiger partial charge on any atom is 0.322 e. The number of carboxylic acid groups (broad SMARTS) is 1. The first-order valence-electron chi connectivity index (χ1n) is 21.5. The molecule has 4 aromatic heterocycles. The molecule has 19 heteroatoms. The summed E-state index contributed by atoms with van der Waals surface area (Å²) in [5, 5.41) is 15.0. The van der Waals surface area contributed by atoms with Crippen LogP contribution in [-0.4, -0.2) is 93.9 Å². The first kappa shape index (κ1) is 52.4. The number of ether oxygens (including phenoxy) is 6. The number of nitrogens with zero attached hydrogens (tertiary/aromatic N) is 5. The van der Waals surface area contributed by atoms with Crippen molar-refractivity contribution >= 4 is 73.8 Å². The van der Waals surface area contributed by atoms with Gasteiger partial charge in [0, 0.05) is 64.3 Å². The van der Waals surface area contributed by atoms with Crippen molar-refractivity contribution in [1.82, 2.24) is 29.9 Å². The SMILES string of the molecule is COc1ccc(Cc2nccc3cc(OC)c(OC)cc23)cc1OC.COc1ccc2[nH]c([S+]([O-])Cc3ncc(C)c(OC)c3C)nc2c1.Cc1cccc(Nc2cc(Cl)nc(SCC(=O)O)n2)c1C. The maximum absolute atomic E-state index is 12.7. The van der Waals surface area contributed by atoms with Gasteiger partial charge in [-0.3, -0.25) is 19.7 Å². The summed E-state index contributed by atoms with van der Waals surface area (Å²) in [6.07, 6.45) is 4.22. The van der Waals surface area contributed by atoms with Gasteiger partial charge in [-0.25, -0.2) is 9.97 Å². The fraction of sp³-hybridized carbons (Fsp3) is 0.255. The van der Waals surface area contributed by atoms with Crippen molar-refractivity contribution in [3.05, 3.63) is 136 Å². The third-order valence-electron chi connectivity index (χ3n) is 10.9. The van der Waals surface area contributed by atoms with E-state index in [1.807, 2.05) is 107 Å². The maximum atomic E-state index is 12.7. The fourth-order valence-corrected chi connectivity index (χ4v) is 9.08. The molecular weight excluding hydrogens is 954 g/mol. The molecule has 0 amide bonds. The Kier molecular flexibility index (Phi) is 18.4. The lowest BCUT2D eigenvalue weighted by Crippen LogP contribution is -2.10. The Hall–Kier alpha value is -6.99. The second-order valence-corrected chi connectivity index (χ2v) is 18.1. The van der Waals surface area contributed by atoms with E-state index in [0.717, 1.165) is 78.6 Å². The van der Waals surface area contributed by atoms with Crippen molar-refractivity contribution in [3.63, 3.8) is 0 Å². The molecule has 8 rings (SSSR count). The Balaban J connectivity index is 0.000000173. The Morgan fingerprint density at radius 3 is 2.19 bits per heavy atom. The summed E-state index contributed by atoms with van der Waals surface area (Å²) in [7, 11) is 9.76. The van der Waals surface area contributed by atoms with E-state index >= 15 is 0 Å². The highest BCUT2D eigenvalue weighted by Gasteiger charge is 2.21. The average molecular weight is 1010 g/mol. The summed E-state index contributed by atoms with van der Waals surface area (Å²) in [5.74, 6) is 4.10. The minimum Gasteiger partial charge on any atom is -0.609 e. The molecule has 4 aromatic carbocycles. The zero-order valence-electron chi connectivity index (χ0n) is 40.4. The Bertz CT molecular complexity index is 3100. The molecule has 0 aliphatic rings. The predicted octanol–water partition coefficient (Wildman–Crippen LogP) is 10.4. The van der Waals surface area contributed by atoms with Gasteiger partial charge < -0.3 is 43.4 Å². The number of benzene rings is 4. The molecule has 70 heavy (non-hydrogen) atoms. The lowest BCUT2D eigenvalue weighted by Gasteiger charge is -2.13. The van der Waals surface area contributed by atoms with E-state index in [4.69, 9.17) is 45.1 Å². The van der Waals surface area contributed by atoms with E-state index in [1.165, 1.54) is 5.56 Å². The summed E-state index contributed by atoms with van der Waals surface area (Å²) in [5.41, 5.74) is 9.43. The van der Waals surface area contributed by atoms with E-state index in [1.54, 1.807) is 54.9 Å². The van der Waals surface area contributed by atoms with Gasteiger partial charge in [-0.1, -0.05) is 41.6 Å². The zero-order chi connectivity index (χ0) is 50.5. The number of aliphatic carboxylic acids is 1. The molecule has 0 aliphatic heterocycles. The fourth-order valence-electron chi connectivity index (χ4n) is 7.17. The number of thioether (sulfide) groups is 1. The third kappa shape index (κ3) is 13.2. The molecule has 4 heterocycles. The number of H-pyrrole nitrogens is 1. The van der Waals surface area contributed by atoms with Crippen LogP contribution in [0.15, 0.2) is 102 Å². The molecular formula is C51H54ClN7O9S2. The topological polar surface area (TPSA) is 208 Å². The van der Waals surface area contributed by atoms with Crippen LogP contribution in [-0.2, 0) is 28.1 Å². The molecule has 0 radical (unpaired) electrons. The first-order valence-corrected chi connectivity index (χ1v) is 24.2. The first-order chi connectivity index (χ1) is 33.7. The zero-order valence-corrected chi connectivity index (χ0v) is 42.8. The normalized spacial score (nSPS) is 11.1. The molecule has 0 fully saturated rings. The Labute approximate surface area is 418 Å². The Morgan fingerprint density at radius 1 is 0.757 bits per heavy atom. The highest BCUT2D eigenvalue weighted by atomic mass is 35.5. The molecule has 16 nitrogen and oxygen atoms in total. The van der Waals surface area contributed by atoms with Crippen molar-refractivity contribution in [3.8, 4) is 34.5 Å². The highest BCUT2D eigenvalue weighted by Crippen LogP contribution is 2.35. The Morgan fingerprint density at radius 2 is 1.49 bits per heavy atom. The number of rotatable bonds is 16. The quantitative estimate of drug-likeness (QED) is 0.0356. The molecule has 0 spiro atoms. The molecule has 0 bridgehead atoms. The van der Waals surface area contributed by atoms with E-state index in [9.17, 15) is 9.35 Å². The number of hydrogen-bond donors (Lipinski definition) is 3. The molecule has 8 aromatic rings. The smallest absolute Gasteiger partial charge is 0.322 e. The largest absolute Gasteiger partial charge is 0.609 e. The van der Waals surface area contributed by atoms with E-state index in [0.29, 0.717) is 51.3 Å². The van der Waals surface area contributed by atoms with Crippen LogP contribution in [0.3, 0.4) is 0 Å². The number of fused-ring (bicyclic) bond motifs is 2.